The van der Waals surface area contributed by atoms with Crippen LogP contribution in [0, 0.1) is 17.8 Å². The standard InChI is InChI=1S/C16H30N2/c1-12(2)14-7-8-18(10-14)11-15-9-13-5-3-4-6-16(13)17-15/h12-17H,3-11H2,1-2H3. The van der Waals surface area contributed by atoms with Gasteiger partial charge in [-0.25, -0.2) is 0 Å². The number of hydrogen-bond donors (Lipinski definition) is 1. The van der Waals surface area contributed by atoms with Gasteiger partial charge in [0.25, 0.3) is 0 Å². The molecule has 3 fully saturated rings. The highest BCUT2D eigenvalue weighted by Crippen LogP contribution is 2.34. The monoisotopic (exact) mass is 250 g/mol. The van der Waals surface area contributed by atoms with Crippen molar-refractivity contribution >= 4 is 0 Å². The van der Waals surface area contributed by atoms with Crippen molar-refractivity contribution in [1.82, 2.24) is 10.2 Å². The van der Waals surface area contributed by atoms with Gasteiger partial charge < -0.3 is 10.2 Å². The van der Waals surface area contributed by atoms with Crippen LogP contribution < -0.4 is 5.32 Å². The zero-order valence-corrected chi connectivity index (χ0v) is 12.2. The van der Waals surface area contributed by atoms with E-state index in [1.165, 1.54) is 58.2 Å². The Labute approximate surface area is 113 Å². The molecule has 0 aromatic heterocycles. The van der Waals surface area contributed by atoms with Crippen LogP contribution in [0.3, 0.4) is 0 Å². The number of rotatable bonds is 3. The van der Waals surface area contributed by atoms with Gasteiger partial charge in [-0.1, -0.05) is 26.7 Å². The third-order valence-corrected chi connectivity index (χ3v) is 5.68. The van der Waals surface area contributed by atoms with Crippen molar-refractivity contribution in [1.29, 1.82) is 0 Å². The van der Waals surface area contributed by atoms with Crippen LogP contribution >= 0.6 is 0 Å². The van der Waals surface area contributed by atoms with E-state index in [1.807, 2.05) is 0 Å². The third-order valence-electron chi connectivity index (χ3n) is 5.68. The highest BCUT2D eigenvalue weighted by Gasteiger charge is 2.36. The van der Waals surface area contributed by atoms with Crippen molar-refractivity contribution in [3.05, 3.63) is 0 Å². The molecule has 1 aliphatic carbocycles. The quantitative estimate of drug-likeness (QED) is 0.828. The van der Waals surface area contributed by atoms with Crippen LogP contribution in [-0.4, -0.2) is 36.6 Å². The minimum absolute atomic E-state index is 0.795. The van der Waals surface area contributed by atoms with Gasteiger partial charge in [-0.05, 0) is 50.0 Å². The lowest BCUT2D eigenvalue weighted by Crippen LogP contribution is -2.40. The first kappa shape index (κ1) is 12.9. The molecule has 18 heavy (non-hydrogen) atoms. The molecular weight excluding hydrogens is 220 g/mol. The van der Waals surface area contributed by atoms with E-state index in [1.54, 1.807) is 0 Å². The molecule has 2 nitrogen and oxygen atoms in total. The van der Waals surface area contributed by atoms with Crippen molar-refractivity contribution in [3.8, 4) is 0 Å². The summed E-state index contributed by atoms with van der Waals surface area (Å²) in [5, 5.41) is 3.92. The molecule has 0 aromatic carbocycles. The maximum Gasteiger partial charge on any atom is 0.0200 e. The molecule has 2 aliphatic heterocycles. The van der Waals surface area contributed by atoms with E-state index in [0.717, 1.165) is 29.8 Å². The normalized spacial score (nSPS) is 41.5. The van der Waals surface area contributed by atoms with Gasteiger partial charge in [0.2, 0.25) is 0 Å². The van der Waals surface area contributed by atoms with Crippen LogP contribution in [0.1, 0.15) is 52.4 Å². The van der Waals surface area contributed by atoms with Crippen LogP contribution in [0.4, 0.5) is 0 Å². The van der Waals surface area contributed by atoms with Crippen LogP contribution in [0.15, 0.2) is 0 Å². The van der Waals surface area contributed by atoms with Crippen LogP contribution in [0.25, 0.3) is 0 Å². The average Bonchev–Trinajstić information content (AvgIpc) is 2.94. The lowest BCUT2D eigenvalue weighted by molar-refractivity contribution is 0.274. The first-order valence-electron chi connectivity index (χ1n) is 8.21. The maximum absolute atomic E-state index is 3.92. The molecule has 0 radical (unpaired) electrons. The Hall–Kier alpha value is -0.0800. The molecule has 1 saturated carbocycles. The smallest absolute Gasteiger partial charge is 0.0200 e. The minimum atomic E-state index is 0.795. The van der Waals surface area contributed by atoms with Crippen molar-refractivity contribution in [2.75, 3.05) is 19.6 Å². The fourth-order valence-electron chi connectivity index (χ4n) is 4.46. The summed E-state index contributed by atoms with van der Waals surface area (Å²) >= 11 is 0. The van der Waals surface area contributed by atoms with Gasteiger partial charge in [0.05, 0.1) is 0 Å². The highest BCUT2D eigenvalue weighted by molar-refractivity contribution is 4.94. The van der Waals surface area contributed by atoms with E-state index in [-0.39, 0.29) is 0 Å². The van der Waals surface area contributed by atoms with Gasteiger partial charge in [-0.2, -0.15) is 0 Å². The summed E-state index contributed by atoms with van der Waals surface area (Å²) in [7, 11) is 0. The molecule has 0 amide bonds. The van der Waals surface area contributed by atoms with Gasteiger partial charge in [-0.3, -0.25) is 0 Å². The number of nitrogens with one attached hydrogen (secondary N) is 1. The first-order valence-corrected chi connectivity index (χ1v) is 8.21. The van der Waals surface area contributed by atoms with Gasteiger partial charge in [-0.15, -0.1) is 0 Å². The Morgan fingerprint density at radius 1 is 1.17 bits per heavy atom. The molecule has 4 unspecified atom stereocenters. The predicted octanol–water partition coefficient (Wildman–Crippen LogP) is 2.89. The molecule has 0 spiro atoms. The van der Waals surface area contributed by atoms with Gasteiger partial charge >= 0.3 is 0 Å². The Kier molecular flexibility index (Phi) is 3.95. The summed E-state index contributed by atoms with van der Waals surface area (Å²) in [5.74, 6) is 2.83. The van der Waals surface area contributed by atoms with Crippen LogP contribution in [0.5, 0.6) is 0 Å². The number of likely N-dealkylation sites (tertiary alicyclic amines) is 1. The molecule has 1 N–H and O–H groups in total. The van der Waals surface area contributed by atoms with Crippen molar-refractivity contribution in [2.45, 2.75) is 64.5 Å². The summed E-state index contributed by atoms with van der Waals surface area (Å²) in [5.41, 5.74) is 0. The second-order valence-corrected chi connectivity index (χ2v) is 7.30. The fraction of sp³-hybridized carbons (Fsp3) is 1.00. The minimum Gasteiger partial charge on any atom is -0.310 e. The summed E-state index contributed by atoms with van der Waals surface area (Å²) in [6.07, 6.45) is 8.75. The van der Waals surface area contributed by atoms with E-state index in [9.17, 15) is 0 Å². The molecule has 2 saturated heterocycles. The Morgan fingerprint density at radius 2 is 2.00 bits per heavy atom. The number of hydrogen-bond acceptors (Lipinski definition) is 2. The summed E-state index contributed by atoms with van der Waals surface area (Å²) in [6.45, 7) is 8.78. The highest BCUT2D eigenvalue weighted by atomic mass is 15.2. The Bertz CT molecular complexity index is 262. The van der Waals surface area contributed by atoms with Crippen molar-refractivity contribution < 1.29 is 0 Å². The van der Waals surface area contributed by atoms with E-state index < -0.39 is 0 Å². The molecule has 2 heteroatoms. The first-order chi connectivity index (χ1) is 8.72. The van der Waals surface area contributed by atoms with E-state index in [4.69, 9.17) is 0 Å². The van der Waals surface area contributed by atoms with Crippen LogP contribution in [0.2, 0.25) is 0 Å². The molecule has 0 bridgehead atoms. The SMILES string of the molecule is CC(C)C1CCN(CC2CC3CCCCC3N2)C1. The zero-order chi connectivity index (χ0) is 12.5. The fourth-order valence-corrected chi connectivity index (χ4v) is 4.46. The van der Waals surface area contributed by atoms with E-state index in [2.05, 4.69) is 24.1 Å². The van der Waals surface area contributed by atoms with Crippen LogP contribution in [-0.2, 0) is 0 Å². The maximum atomic E-state index is 3.92. The zero-order valence-electron chi connectivity index (χ0n) is 12.2. The second kappa shape index (κ2) is 5.50. The second-order valence-electron chi connectivity index (χ2n) is 7.30. The van der Waals surface area contributed by atoms with E-state index in [0.29, 0.717) is 0 Å². The summed E-state index contributed by atoms with van der Waals surface area (Å²) < 4.78 is 0. The molecule has 104 valence electrons. The largest absolute Gasteiger partial charge is 0.310 e. The molecule has 2 heterocycles. The molecule has 0 aromatic rings. The Balaban J connectivity index is 1.47. The van der Waals surface area contributed by atoms with Gasteiger partial charge in [0, 0.05) is 25.2 Å². The molecule has 3 aliphatic rings. The molecular formula is C16H30N2. The summed E-state index contributed by atoms with van der Waals surface area (Å²) in [6, 6.07) is 1.66. The Morgan fingerprint density at radius 3 is 2.72 bits per heavy atom. The average molecular weight is 250 g/mol. The topological polar surface area (TPSA) is 15.3 Å². The molecule has 4 atom stereocenters. The number of fused-ring (bicyclic) bond motifs is 1. The van der Waals surface area contributed by atoms with Gasteiger partial charge in [0.15, 0.2) is 0 Å². The summed E-state index contributed by atoms with van der Waals surface area (Å²) in [4.78, 5) is 2.72. The number of nitrogens with zero attached hydrogens (tertiary/aromatic N) is 1. The van der Waals surface area contributed by atoms with Gasteiger partial charge in [0.1, 0.15) is 0 Å². The third kappa shape index (κ3) is 2.75. The lowest BCUT2D eigenvalue weighted by atomic mass is 9.85. The lowest BCUT2D eigenvalue weighted by Gasteiger charge is -2.24. The van der Waals surface area contributed by atoms with Crippen molar-refractivity contribution in [2.24, 2.45) is 17.8 Å². The predicted molar refractivity (Wildman–Crippen MR) is 76.7 cm³/mol. The van der Waals surface area contributed by atoms with Crippen molar-refractivity contribution in [3.63, 3.8) is 0 Å². The molecule has 3 rings (SSSR count). The van der Waals surface area contributed by atoms with E-state index >= 15 is 0 Å².